The molecular weight excluding hydrogens is 304 g/mol. The van der Waals surface area contributed by atoms with Crippen LogP contribution in [0.4, 0.5) is 0 Å². The van der Waals surface area contributed by atoms with Gasteiger partial charge in [-0.2, -0.15) is 0 Å². The van der Waals surface area contributed by atoms with Gasteiger partial charge in [-0.15, -0.1) is 0 Å². The normalized spacial score (nSPS) is 16.7. The summed E-state index contributed by atoms with van der Waals surface area (Å²) in [6, 6.07) is 14.4. The molecule has 1 heterocycles. The maximum absolute atomic E-state index is 11.6. The van der Waals surface area contributed by atoms with Crippen molar-refractivity contribution in [1.82, 2.24) is 5.32 Å². The first-order valence-corrected chi connectivity index (χ1v) is 7.08. The average molecular weight is 317 g/mol. The summed E-state index contributed by atoms with van der Waals surface area (Å²) < 4.78 is 5.63. The van der Waals surface area contributed by atoms with Crippen molar-refractivity contribution in [3.05, 3.63) is 86.4 Å². The predicted octanol–water partition coefficient (Wildman–Crippen LogP) is 3.53. The summed E-state index contributed by atoms with van der Waals surface area (Å²) in [5, 5.41) is 14.9. The van der Waals surface area contributed by atoms with Crippen molar-refractivity contribution in [2.24, 2.45) is 0 Å². The van der Waals surface area contributed by atoms with Crippen molar-refractivity contribution in [2.75, 3.05) is 7.05 Å². The van der Waals surface area contributed by atoms with Crippen LogP contribution >= 0.6 is 11.6 Å². The molecule has 0 bridgehead atoms. The third kappa shape index (κ3) is 2.40. The number of allylic oxidation sites excluding steroid dienone is 1. The number of nitro groups is 1. The summed E-state index contributed by atoms with van der Waals surface area (Å²) in [5.74, 6) is 0.206. The van der Waals surface area contributed by atoms with Gasteiger partial charge in [0.2, 0.25) is 0 Å². The van der Waals surface area contributed by atoms with Crippen LogP contribution in [-0.4, -0.2) is 12.0 Å². The number of nitrogens with zero attached hydrogens (tertiary/aromatic N) is 1. The van der Waals surface area contributed by atoms with Gasteiger partial charge in [0.25, 0.3) is 5.88 Å². The van der Waals surface area contributed by atoms with Crippen LogP contribution in [0, 0.1) is 10.1 Å². The number of ether oxygens (including phenoxy) is 1. The molecule has 0 aliphatic carbocycles. The molecule has 5 nitrogen and oxygen atoms in total. The number of rotatable bonds is 3. The Morgan fingerprint density at radius 1 is 1.23 bits per heavy atom. The van der Waals surface area contributed by atoms with Gasteiger partial charge in [0.1, 0.15) is 11.7 Å². The highest BCUT2D eigenvalue weighted by atomic mass is 35.5. The molecule has 1 N–H and O–H groups in total. The molecule has 0 radical (unpaired) electrons. The summed E-state index contributed by atoms with van der Waals surface area (Å²) in [6.07, 6.45) is 0. The molecule has 0 spiro atoms. The van der Waals surface area contributed by atoms with Gasteiger partial charge in [0.05, 0.1) is 4.92 Å². The minimum Gasteiger partial charge on any atom is -0.435 e. The van der Waals surface area contributed by atoms with Crippen LogP contribution in [0.25, 0.3) is 0 Å². The molecule has 0 fully saturated rings. The van der Waals surface area contributed by atoms with Gasteiger partial charge in [0.15, 0.2) is 0 Å². The first-order chi connectivity index (χ1) is 10.6. The highest BCUT2D eigenvalue weighted by Gasteiger charge is 2.39. The number of nitrogens with one attached hydrogen (secondary N) is 1. The molecule has 0 saturated heterocycles. The molecule has 112 valence electrons. The third-order valence-corrected chi connectivity index (χ3v) is 3.79. The lowest BCUT2D eigenvalue weighted by molar-refractivity contribution is -0.432. The maximum Gasteiger partial charge on any atom is 0.317 e. The number of fused-ring (bicyclic) bond motifs is 1. The van der Waals surface area contributed by atoms with Crippen LogP contribution in [0.1, 0.15) is 17.0 Å². The van der Waals surface area contributed by atoms with Crippen LogP contribution in [0.5, 0.6) is 5.75 Å². The molecule has 6 heteroatoms. The zero-order valence-corrected chi connectivity index (χ0v) is 12.5. The van der Waals surface area contributed by atoms with Gasteiger partial charge >= 0.3 is 5.70 Å². The van der Waals surface area contributed by atoms with Crippen LogP contribution in [-0.2, 0) is 0 Å². The van der Waals surface area contributed by atoms with Crippen LogP contribution in [0.2, 0.25) is 5.02 Å². The molecule has 2 aromatic rings. The minimum atomic E-state index is -0.541. The predicted molar refractivity (Wildman–Crippen MR) is 83.4 cm³/mol. The lowest BCUT2D eigenvalue weighted by Crippen LogP contribution is -2.27. The second-order valence-electron chi connectivity index (χ2n) is 4.85. The molecule has 22 heavy (non-hydrogen) atoms. The Kier molecular flexibility index (Phi) is 3.73. The molecule has 1 aliphatic heterocycles. The number of para-hydroxylation sites is 1. The summed E-state index contributed by atoms with van der Waals surface area (Å²) in [7, 11) is 1.60. The van der Waals surface area contributed by atoms with E-state index >= 15 is 0 Å². The SMILES string of the molecule is CNC1=C([N+](=O)[O-])C(c2cccc(Cl)c2)c2ccccc2O1. The van der Waals surface area contributed by atoms with E-state index in [1.807, 2.05) is 24.3 Å². The van der Waals surface area contributed by atoms with Gasteiger partial charge in [-0.1, -0.05) is 41.9 Å². The number of hydrogen-bond acceptors (Lipinski definition) is 4. The van der Waals surface area contributed by atoms with Gasteiger partial charge in [-0.3, -0.25) is 10.1 Å². The monoisotopic (exact) mass is 316 g/mol. The van der Waals surface area contributed by atoms with Crippen molar-refractivity contribution >= 4 is 11.6 Å². The smallest absolute Gasteiger partial charge is 0.317 e. The Hall–Kier alpha value is -2.53. The fraction of sp³-hybridized carbons (Fsp3) is 0.125. The highest BCUT2D eigenvalue weighted by molar-refractivity contribution is 6.30. The van der Waals surface area contributed by atoms with Gasteiger partial charge in [0, 0.05) is 17.6 Å². The van der Waals surface area contributed by atoms with Crippen LogP contribution < -0.4 is 10.1 Å². The lowest BCUT2D eigenvalue weighted by atomic mass is 9.86. The second-order valence-corrected chi connectivity index (χ2v) is 5.29. The summed E-state index contributed by atoms with van der Waals surface area (Å²) in [5.41, 5.74) is 1.47. The number of benzene rings is 2. The van der Waals surface area contributed by atoms with E-state index < -0.39 is 10.8 Å². The Morgan fingerprint density at radius 3 is 2.68 bits per heavy atom. The van der Waals surface area contributed by atoms with Gasteiger partial charge in [-0.25, -0.2) is 0 Å². The minimum absolute atomic E-state index is 0.0246. The summed E-state index contributed by atoms with van der Waals surface area (Å²) in [6.45, 7) is 0. The number of hydrogen-bond donors (Lipinski definition) is 1. The fourth-order valence-electron chi connectivity index (χ4n) is 2.64. The molecule has 1 unspecified atom stereocenters. The molecule has 3 rings (SSSR count). The Labute approximate surface area is 132 Å². The average Bonchev–Trinajstić information content (AvgIpc) is 2.52. The zero-order chi connectivity index (χ0) is 15.7. The lowest BCUT2D eigenvalue weighted by Gasteiger charge is -2.25. The number of halogens is 1. The van der Waals surface area contributed by atoms with Crippen molar-refractivity contribution in [3.8, 4) is 5.75 Å². The van der Waals surface area contributed by atoms with Crippen LogP contribution in [0.3, 0.4) is 0 Å². The van der Waals surface area contributed by atoms with Crippen molar-refractivity contribution in [1.29, 1.82) is 0 Å². The first kappa shape index (κ1) is 14.4. The summed E-state index contributed by atoms with van der Waals surface area (Å²) in [4.78, 5) is 11.2. The molecule has 2 aromatic carbocycles. The standard InChI is InChI=1S/C16H13ClN2O3/c1-18-16-15(19(20)21)14(10-5-4-6-11(17)9-10)12-7-2-3-8-13(12)22-16/h2-9,14,18H,1H3. The second kappa shape index (κ2) is 5.69. The Bertz CT molecular complexity index is 773. The van der Waals surface area contributed by atoms with E-state index in [1.165, 1.54) is 0 Å². The van der Waals surface area contributed by atoms with Gasteiger partial charge in [-0.05, 0) is 23.8 Å². The molecular formula is C16H13ClN2O3. The van der Waals surface area contributed by atoms with Crippen molar-refractivity contribution in [2.45, 2.75) is 5.92 Å². The van der Waals surface area contributed by atoms with E-state index in [0.29, 0.717) is 10.8 Å². The van der Waals surface area contributed by atoms with E-state index in [0.717, 1.165) is 11.1 Å². The van der Waals surface area contributed by atoms with Gasteiger partial charge < -0.3 is 10.1 Å². The van der Waals surface area contributed by atoms with E-state index in [9.17, 15) is 10.1 Å². The van der Waals surface area contributed by atoms with Crippen molar-refractivity contribution < 1.29 is 9.66 Å². The maximum atomic E-state index is 11.6. The zero-order valence-electron chi connectivity index (χ0n) is 11.7. The molecule has 0 saturated carbocycles. The first-order valence-electron chi connectivity index (χ1n) is 6.70. The van der Waals surface area contributed by atoms with Crippen molar-refractivity contribution in [3.63, 3.8) is 0 Å². The molecule has 0 aromatic heterocycles. The highest BCUT2D eigenvalue weighted by Crippen LogP contribution is 2.42. The topological polar surface area (TPSA) is 64.4 Å². The van der Waals surface area contributed by atoms with E-state index in [2.05, 4.69) is 5.32 Å². The molecule has 1 aliphatic rings. The van der Waals surface area contributed by atoms with Crippen LogP contribution in [0.15, 0.2) is 60.1 Å². The largest absolute Gasteiger partial charge is 0.435 e. The Morgan fingerprint density at radius 2 is 2.00 bits per heavy atom. The third-order valence-electron chi connectivity index (χ3n) is 3.55. The van der Waals surface area contributed by atoms with E-state index in [-0.39, 0.29) is 11.6 Å². The summed E-state index contributed by atoms with van der Waals surface area (Å²) >= 11 is 6.06. The quantitative estimate of drug-likeness (QED) is 0.695. The molecule has 1 atom stereocenters. The van der Waals surface area contributed by atoms with E-state index in [1.54, 1.807) is 31.3 Å². The fourth-order valence-corrected chi connectivity index (χ4v) is 2.84. The Balaban J connectivity index is 2.26. The molecule has 0 amide bonds. The van der Waals surface area contributed by atoms with E-state index in [4.69, 9.17) is 16.3 Å².